The predicted molar refractivity (Wildman–Crippen MR) is 121 cm³/mol. The third kappa shape index (κ3) is 4.45. The van der Waals surface area contributed by atoms with Crippen LogP contribution in [0.25, 0.3) is 0 Å². The third-order valence-electron chi connectivity index (χ3n) is 4.67. The van der Waals surface area contributed by atoms with Gasteiger partial charge in [-0.2, -0.15) is 0 Å². The fourth-order valence-electron chi connectivity index (χ4n) is 3.16. The normalized spacial score (nSPS) is 13.1. The van der Waals surface area contributed by atoms with Gasteiger partial charge in [-0.3, -0.25) is 14.4 Å². The van der Waals surface area contributed by atoms with Crippen LogP contribution in [0.2, 0.25) is 5.02 Å². The highest BCUT2D eigenvalue weighted by atomic mass is 35.5. The summed E-state index contributed by atoms with van der Waals surface area (Å²) in [6.45, 7) is 0.113. The number of methoxy groups -OCH3 is 1. The van der Waals surface area contributed by atoms with Crippen LogP contribution in [0, 0.1) is 0 Å². The highest BCUT2D eigenvalue weighted by Crippen LogP contribution is 2.39. The maximum absolute atomic E-state index is 13.5. The summed E-state index contributed by atoms with van der Waals surface area (Å²) in [5.74, 6) is -1.34. The number of aromatic carboxylic acids is 1. The molecule has 0 saturated heterocycles. The number of hydrogen-bond donors (Lipinski definition) is 2. The Bertz CT molecular complexity index is 1360. The monoisotopic (exact) mass is 509 g/mol. The summed E-state index contributed by atoms with van der Waals surface area (Å²) in [4.78, 5) is 27.4. The number of ether oxygens (including phenoxy) is 2. The molecule has 1 aliphatic heterocycles. The van der Waals surface area contributed by atoms with Crippen LogP contribution in [0.15, 0.2) is 47.5 Å². The number of fused-ring (bicyclic) bond motifs is 1. The van der Waals surface area contributed by atoms with Crippen molar-refractivity contribution in [3.8, 4) is 11.5 Å². The van der Waals surface area contributed by atoms with Crippen LogP contribution in [0.5, 0.6) is 11.5 Å². The summed E-state index contributed by atoms with van der Waals surface area (Å²) < 4.78 is 38.9. The minimum Gasteiger partial charge on any atom is -0.495 e. The number of amides is 1. The number of carbonyl (C=O) groups excluding carboxylic acids is 1. The molecule has 33 heavy (non-hydrogen) atoms. The first-order valence-corrected chi connectivity index (χ1v) is 12.0. The summed E-state index contributed by atoms with van der Waals surface area (Å²) in [7, 11) is -2.76. The van der Waals surface area contributed by atoms with Crippen molar-refractivity contribution in [3.63, 3.8) is 0 Å². The molecule has 172 valence electrons. The number of carboxylic acid groups (broad SMARTS) is 1. The van der Waals surface area contributed by atoms with Gasteiger partial charge in [-0.25, -0.2) is 18.2 Å². The number of nitrogens with one attached hydrogen (secondary N) is 1. The average Bonchev–Trinajstić information content (AvgIpc) is 3.27. The van der Waals surface area contributed by atoms with E-state index in [1.165, 1.54) is 43.5 Å². The highest BCUT2D eigenvalue weighted by Gasteiger charge is 2.33. The number of sulfonamides is 1. The molecule has 0 fully saturated rings. The second kappa shape index (κ2) is 8.89. The Morgan fingerprint density at radius 1 is 1.27 bits per heavy atom. The Balaban J connectivity index is 1.69. The van der Waals surface area contributed by atoms with Crippen LogP contribution in [0.3, 0.4) is 0 Å². The number of halogens is 1. The van der Waals surface area contributed by atoms with E-state index in [9.17, 15) is 18.0 Å². The molecule has 4 rings (SSSR count). The van der Waals surface area contributed by atoms with Gasteiger partial charge in [0.25, 0.3) is 15.9 Å². The number of hydrogen-bond acceptors (Lipinski definition) is 8. The Morgan fingerprint density at radius 2 is 2.06 bits per heavy atom. The van der Waals surface area contributed by atoms with E-state index < -0.39 is 21.9 Å². The van der Waals surface area contributed by atoms with Crippen molar-refractivity contribution in [2.24, 2.45) is 0 Å². The largest absolute Gasteiger partial charge is 0.495 e. The Hall–Kier alpha value is -3.35. The van der Waals surface area contributed by atoms with Crippen LogP contribution < -0.4 is 19.1 Å². The lowest BCUT2D eigenvalue weighted by molar-refractivity contribution is 0.0701. The van der Waals surface area contributed by atoms with Crippen molar-refractivity contribution in [2.45, 2.75) is 4.90 Å². The Kier molecular flexibility index (Phi) is 6.15. The quantitative estimate of drug-likeness (QED) is 0.516. The minimum atomic E-state index is -4.11. The first-order valence-electron chi connectivity index (χ1n) is 9.34. The van der Waals surface area contributed by atoms with Crippen molar-refractivity contribution in [3.05, 3.63) is 58.1 Å². The molecule has 2 heterocycles. The zero-order valence-corrected chi connectivity index (χ0v) is 19.3. The molecule has 0 spiro atoms. The SMILES string of the molecule is COc1ccc(Cl)cc1S(=O)(=O)N1CCOc2ccc(C(=O)Nc3ncc(C(=O)O)s3)cc21. The minimum absolute atomic E-state index is 0.00449. The highest BCUT2D eigenvalue weighted by molar-refractivity contribution is 7.93. The lowest BCUT2D eigenvalue weighted by Crippen LogP contribution is -2.38. The average molecular weight is 510 g/mol. The number of benzene rings is 2. The number of carboxylic acids is 1. The molecule has 1 amide bonds. The van der Waals surface area contributed by atoms with Gasteiger partial charge >= 0.3 is 5.97 Å². The van der Waals surface area contributed by atoms with Crippen LogP contribution in [0.4, 0.5) is 10.8 Å². The Labute approximate surface area is 197 Å². The molecular formula is C20H16ClN3O7S2. The molecule has 3 aromatic rings. The van der Waals surface area contributed by atoms with Gasteiger partial charge in [0.1, 0.15) is 27.9 Å². The van der Waals surface area contributed by atoms with Gasteiger partial charge in [-0.15, -0.1) is 0 Å². The molecule has 0 unspecified atom stereocenters. The van der Waals surface area contributed by atoms with Gasteiger partial charge in [0.05, 0.1) is 25.5 Å². The van der Waals surface area contributed by atoms with E-state index in [1.54, 1.807) is 0 Å². The number of thiazole rings is 1. The lowest BCUT2D eigenvalue weighted by Gasteiger charge is -2.31. The molecule has 2 N–H and O–H groups in total. The first kappa shape index (κ1) is 22.8. The van der Waals surface area contributed by atoms with Crippen LogP contribution in [-0.4, -0.2) is 50.6 Å². The van der Waals surface area contributed by atoms with E-state index in [0.717, 1.165) is 21.8 Å². The maximum Gasteiger partial charge on any atom is 0.347 e. The van der Waals surface area contributed by atoms with E-state index >= 15 is 0 Å². The fraction of sp³-hybridized carbons (Fsp3) is 0.150. The number of carbonyl (C=O) groups is 2. The van der Waals surface area contributed by atoms with Crippen molar-refractivity contribution in [2.75, 3.05) is 29.9 Å². The van der Waals surface area contributed by atoms with E-state index in [1.807, 2.05) is 0 Å². The number of aromatic nitrogens is 1. The van der Waals surface area contributed by atoms with Gasteiger partial charge in [0, 0.05) is 10.6 Å². The summed E-state index contributed by atoms with van der Waals surface area (Å²) in [6, 6.07) is 8.61. The molecule has 0 bridgehead atoms. The topological polar surface area (TPSA) is 135 Å². The zero-order chi connectivity index (χ0) is 23.8. The van der Waals surface area contributed by atoms with Crippen molar-refractivity contribution < 1.29 is 32.6 Å². The first-order chi connectivity index (χ1) is 15.7. The maximum atomic E-state index is 13.5. The third-order valence-corrected chi connectivity index (χ3v) is 7.64. The number of nitrogens with zero attached hydrogens (tertiary/aromatic N) is 2. The second-order valence-corrected chi connectivity index (χ2v) is 9.99. The lowest BCUT2D eigenvalue weighted by atomic mass is 10.1. The van der Waals surface area contributed by atoms with Crippen molar-refractivity contribution in [1.82, 2.24) is 4.98 Å². The molecular weight excluding hydrogens is 494 g/mol. The fourth-order valence-corrected chi connectivity index (χ4v) is 5.68. The molecule has 0 saturated carbocycles. The van der Waals surface area contributed by atoms with Gasteiger partial charge in [0.2, 0.25) is 0 Å². The molecule has 0 radical (unpaired) electrons. The van der Waals surface area contributed by atoms with E-state index in [-0.39, 0.29) is 55.8 Å². The summed E-state index contributed by atoms with van der Waals surface area (Å²) >= 11 is 6.83. The van der Waals surface area contributed by atoms with Gasteiger partial charge < -0.3 is 14.6 Å². The molecule has 10 nitrogen and oxygen atoms in total. The smallest absolute Gasteiger partial charge is 0.347 e. The number of rotatable bonds is 6. The molecule has 0 aliphatic carbocycles. The molecule has 0 atom stereocenters. The van der Waals surface area contributed by atoms with Crippen molar-refractivity contribution in [1.29, 1.82) is 0 Å². The number of anilines is 2. The molecule has 2 aromatic carbocycles. The van der Waals surface area contributed by atoms with E-state index in [2.05, 4.69) is 10.3 Å². The molecule has 1 aliphatic rings. The second-order valence-electron chi connectivity index (χ2n) is 6.69. The summed E-state index contributed by atoms with van der Waals surface area (Å²) in [5.41, 5.74) is 0.297. The van der Waals surface area contributed by atoms with Gasteiger partial charge in [-0.05, 0) is 36.4 Å². The summed E-state index contributed by atoms with van der Waals surface area (Å²) in [6.07, 6.45) is 1.13. The van der Waals surface area contributed by atoms with Crippen LogP contribution >= 0.6 is 22.9 Å². The van der Waals surface area contributed by atoms with E-state index in [0.29, 0.717) is 0 Å². The van der Waals surface area contributed by atoms with Crippen molar-refractivity contribution >= 4 is 55.7 Å². The van der Waals surface area contributed by atoms with Crippen LogP contribution in [0.1, 0.15) is 20.0 Å². The van der Waals surface area contributed by atoms with Crippen LogP contribution in [-0.2, 0) is 10.0 Å². The van der Waals surface area contributed by atoms with Gasteiger partial charge in [0.15, 0.2) is 5.13 Å². The van der Waals surface area contributed by atoms with E-state index in [4.69, 9.17) is 26.2 Å². The summed E-state index contributed by atoms with van der Waals surface area (Å²) in [5, 5.41) is 11.8. The standard InChI is InChI=1S/C20H16ClN3O7S2/c1-30-15-5-3-12(21)9-17(15)33(28,29)24-6-7-31-14-4-2-11(8-13(14)24)18(25)23-20-22-10-16(32-20)19(26)27/h2-5,8-10H,6-7H2,1H3,(H,26,27)(H,22,23,25). The van der Waals surface area contributed by atoms with Gasteiger partial charge in [-0.1, -0.05) is 22.9 Å². The Morgan fingerprint density at radius 3 is 2.76 bits per heavy atom. The predicted octanol–water partition coefficient (Wildman–Crippen LogP) is 3.34. The molecule has 13 heteroatoms. The zero-order valence-electron chi connectivity index (χ0n) is 16.9. The molecule has 1 aromatic heterocycles.